The number of nitrogens with zero attached hydrogens (tertiary/aromatic N) is 1. The number of nitrogen functional groups attached to an aromatic ring is 1. The maximum atomic E-state index is 13.1. The molecule has 1 aromatic carbocycles. The number of benzene rings is 1. The molecule has 2 amide bonds. The summed E-state index contributed by atoms with van der Waals surface area (Å²) >= 11 is 2.16. The number of aromatic amines is 1. The van der Waals surface area contributed by atoms with E-state index < -0.39 is 23.2 Å². The van der Waals surface area contributed by atoms with E-state index in [1.807, 2.05) is 0 Å². The first-order chi connectivity index (χ1) is 13.4. The Labute approximate surface area is 166 Å². The van der Waals surface area contributed by atoms with Crippen molar-refractivity contribution in [3.8, 4) is 0 Å². The van der Waals surface area contributed by atoms with Gasteiger partial charge in [-0.15, -0.1) is 11.3 Å². The van der Waals surface area contributed by atoms with Gasteiger partial charge in [0.15, 0.2) is 16.7 Å². The number of nitrogens with two attached hydrogens (primary N) is 1. The van der Waals surface area contributed by atoms with Crippen molar-refractivity contribution in [2.75, 3.05) is 22.1 Å². The molecule has 0 bridgehead atoms. The minimum atomic E-state index is -0.634. The predicted molar refractivity (Wildman–Crippen MR) is 107 cm³/mol. The van der Waals surface area contributed by atoms with Crippen LogP contribution in [0.5, 0.6) is 0 Å². The molecule has 0 unspecified atom stereocenters. The lowest BCUT2D eigenvalue weighted by atomic mass is 10.3. The molecule has 0 saturated heterocycles. The Bertz CT molecular complexity index is 1070. The first-order valence-corrected chi connectivity index (χ1v) is 9.72. The van der Waals surface area contributed by atoms with Crippen molar-refractivity contribution < 1.29 is 14.0 Å². The summed E-state index contributed by atoms with van der Waals surface area (Å²) in [4.78, 5) is 43.1. The van der Waals surface area contributed by atoms with Crippen LogP contribution in [0.1, 0.15) is 9.67 Å². The molecular weight excluding hydrogens is 405 g/mol. The Balaban J connectivity index is 1.63. The number of carbonyl (C=O) groups is 2. The summed E-state index contributed by atoms with van der Waals surface area (Å²) in [6.45, 7) is 0. The smallest absolute Gasteiger partial charge is 0.277 e. The average molecular weight is 419 g/mol. The number of H-pyrrole nitrogens is 1. The third-order valence-electron chi connectivity index (χ3n) is 3.36. The quantitative estimate of drug-likeness (QED) is 0.359. The van der Waals surface area contributed by atoms with Gasteiger partial charge in [-0.3, -0.25) is 19.4 Å². The molecule has 3 aromatic rings. The predicted octanol–water partition coefficient (Wildman–Crippen LogP) is 2.54. The molecule has 2 aromatic heterocycles. The third-order valence-corrected chi connectivity index (χ3v) is 5.10. The van der Waals surface area contributed by atoms with Gasteiger partial charge in [-0.05, 0) is 29.6 Å². The molecule has 28 heavy (non-hydrogen) atoms. The molecule has 0 radical (unpaired) electrons. The molecule has 8 nitrogen and oxygen atoms in total. The number of carbonyl (C=O) groups excluding carboxylic acids is 2. The topological polar surface area (TPSA) is 130 Å². The van der Waals surface area contributed by atoms with Gasteiger partial charge in [-0.1, -0.05) is 23.9 Å². The molecule has 3 rings (SSSR count). The molecule has 11 heteroatoms. The van der Waals surface area contributed by atoms with Crippen molar-refractivity contribution in [1.82, 2.24) is 9.97 Å². The second-order valence-corrected chi connectivity index (χ2v) is 7.32. The number of aromatic nitrogens is 2. The zero-order valence-electron chi connectivity index (χ0n) is 14.2. The van der Waals surface area contributed by atoms with Crippen molar-refractivity contribution in [3.05, 3.63) is 62.8 Å². The zero-order valence-corrected chi connectivity index (χ0v) is 15.8. The highest BCUT2D eigenvalue weighted by Crippen LogP contribution is 2.19. The molecule has 0 saturated carbocycles. The summed E-state index contributed by atoms with van der Waals surface area (Å²) in [5.74, 6) is -1.60. The number of amides is 2. The van der Waals surface area contributed by atoms with E-state index >= 15 is 0 Å². The van der Waals surface area contributed by atoms with Gasteiger partial charge in [0.05, 0.1) is 10.6 Å². The van der Waals surface area contributed by atoms with Gasteiger partial charge in [0, 0.05) is 5.69 Å². The highest BCUT2D eigenvalue weighted by Gasteiger charge is 2.15. The standard InChI is InChI=1S/C17H14FN5O3S2/c18-9-3-1-4-10(7-9)20-12(24)8-28-17-22-14(19)13(16(26)23-17)21-15(25)11-5-2-6-27-11/h1-7H,8H2,(H,20,24)(H,21,25)(H3,19,22,23,26). The van der Waals surface area contributed by atoms with Crippen molar-refractivity contribution in [2.45, 2.75) is 5.16 Å². The minimum Gasteiger partial charge on any atom is -0.382 e. The van der Waals surface area contributed by atoms with Crippen LogP contribution in [-0.4, -0.2) is 27.5 Å². The van der Waals surface area contributed by atoms with Crippen LogP contribution >= 0.6 is 23.1 Å². The third kappa shape index (κ3) is 4.96. The van der Waals surface area contributed by atoms with Crippen LogP contribution in [0.15, 0.2) is 51.7 Å². The molecule has 0 aliphatic carbocycles. The van der Waals surface area contributed by atoms with E-state index in [1.54, 1.807) is 23.6 Å². The number of nitrogens with one attached hydrogen (secondary N) is 3. The molecule has 0 atom stereocenters. The van der Waals surface area contributed by atoms with Gasteiger partial charge >= 0.3 is 0 Å². The maximum Gasteiger partial charge on any atom is 0.277 e. The molecule has 5 N–H and O–H groups in total. The van der Waals surface area contributed by atoms with Crippen molar-refractivity contribution in [2.24, 2.45) is 0 Å². The normalized spacial score (nSPS) is 10.5. The first kappa shape index (κ1) is 19.6. The molecule has 0 aliphatic rings. The van der Waals surface area contributed by atoms with Gasteiger partial charge in [-0.2, -0.15) is 0 Å². The second-order valence-electron chi connectivity index (χ2n) is 5.41. The average Bonchev–Trinajstić information content (AvgIpc) is 3.18. The van der Waals surface area contributed by atoms with Gasteiger partial charge in [0.2, 0.25) is 5.91 Å². The SMILES string of the molecule is Nc1nc(SCC(=O)Nc2cccc(F)c2)[nH]c(=O)c1NC(=O)c1cccs1. The summed E-state index contributed by atoms with van der Waals surface area (Å²) in [5.41, 5.74) is 5.30. The van der Waals surface area contributed by atoms with E-state index in [9.17, 15) is 18.8 Å². The number of hydrogen-bond acceptors (Lipinski definition) is 7. The molecular formula is C17H14FN5O3S2. The van der Waals surface area contributed by atoms with Crippen LogP contribution in [0.4, 0.5) is 21.6 Å². The van der Waals surface area contributed by atoms with E-state index in [4.69, 9.17) is 5.73 Å². The first-order valence-electron chi connectivity index (χ1n) is 7.85. The molecule has 2 heterocycles. The number of rotatable bonds is 6. The van der Waals surface area contributed by atoms with Gasteiger partial charge in [0.1, 0.15) is 5.82 Å². The zero-order chi connectivity index (χ0) is 20.1. The van der Waals surface area contributed by atoms with Crippen LogP contribution in [0, 0.1) is 5.82 Å². The Morgan fingerprint density at radius 1 is 1.25 bits per heavy atom. The number of halogens is 1. The largest absolute Gasteiger partial charge is 0.382 e. The number of thioether (sulfide) groups is 1. The van der Waals surface area contributed by atoms with Crippen LogP contribution in [0.25, 0.3) is 0 Å². The van der Waals surface area contributed by atoms with Crippen LogP contribution in [0.2, 0.25) is 0 Å². The van der Waals surface area contributed by atoms with Gasteiger partial charge in [0.25, 0.3) is 11.5 Å². The van der Waals surface area contributed by atoms with Gasteiger partial charge in [-0.25, -0.2) is 9.37 Å². The fourth-order valence-corrected chi connectivity index (χ4v) is 3.43. The Morgan fingerprint density at radius 2 is 2.07 bits per heavy atom. The Morgan fingerprint density at radius 3 is 2.75 bits per heavy atom. The number of hydrogen-bond donors (Lipinski definition) is 4. The maximum absolute atomic E-state index is 13.1. The fraction of sp³-hybridized carbons (Fsp3) is 0.0588. The highest BCUT2D eigenvalue weighted by molar-refractivity contribution is 7.99. The van der Waals surface area contributed by atoms with E-state index in [-0.39, 0.29) is 22.4 Å². The Hall–Kier alpha value is -3.18. The highest BCUT2D eigenvalue weighted by atomic mass is 32.2. The monoisotopic (exact) mass is 419 g/mol. The van der Waals surface area contributed by atoms with E-state index in [0.717, 1.165) is 11.8 Å². The number of anilines is 3. The van der Waals surface area contributed by atoms with Crippen LogP contribution < -0.4 is 21.9 Å². The lowest BCUT2D eigenvalue weighted by molar-refractivity contribution is -0.113. The molecule has 0 aliphatic heterocycles. The summed E-state index contributed by atoms with van der Waals surface area (Å²) in [5, 5.41) is 6.80. The fourth-order valence-electron chi connectivity index (χ4n) is 2.14. The van der Waals surface area contributed by atoms with E-state index in [2.05, 4.69) is 20.6 Å². The van der Waals surface area contributed by atoms with Crippen LogP contribution in [-0.2, 0) is 4.79 Å². The van der Waals surface area contributed by atoms with E-state index in [0.29, 0.717) is 10.6 Å². The number of thiophene rings is 1. The van der Waals surface area contributed by atoms with Crippen molar-refractivity contribution >= 4 is 52.1 Å². The minimum absolute atomic E-state index is 0.0835. The lowest BCUT2D eigenvalue weighted by Crippen LogP contribution is -2.23. The van der Waals surface area contributed by atoms with Crippen molar-refractivity contribution in [1.29, 1.82) is 0 Å². The summed E-state index contributed by atoms with van der Waals surface area (Å²) in [6, 6.07) is 8.79. The van der Waals surface area contributed by atoms with Crippen LogP contribution in [0.3, 0.4) is 0 Å². The second kappa shape index (κ2) is 8.67. The van der Waals surface area contributed by atoms with E-state index in [1.165, 1.54) is 29.5 Å². The molecule has 0 fully saturated rings. The lowest BCUT2D eigenvalue weighted by Gasteiger charge is -2.08. The van der Waals surface area contributed by atoms with Crippen molar-refractivity contribution in [3.63, 3.8) is 0 Å². The van der Waals surface area contributed by atoms with Gasteiger partial charge < -0.3 is 16.4 Å². The summed E-state index contributed by atoms with van der Waals surface area (Å²) in [7, 11) is 0. The molecule has 144 valence electrons. The summed E-state index contributed by atoms with van der Waals surface area (Å²) in [6.07, 6.45) is 0. The summed E-state index contributed by atoms with van der Waals surface area (Å²) < 4.78 is 13.1. The Kier molecular flexibility index (Phi) is 6.06. The molecule has 0 spiro atoms.